The molecular formula is C22H25NO3S. The summed E-state index contributed by atoms with van der Waals surface area (Å²) in [6.45, 7) is 2.32. The minimum absolute atomic E-state index is 0.0237. The fourth-order valence-corrected chi connectivity index (χ4v) is 5.68. The van der Waals surface area contributed by atoms with Crippen molar-refractivity contribution in [3.8, 4) is 0 Å². The molecule has 2 fully saturated rings. The van der Waals surface area contributed by atoms with Crippen LogP contribution >= 0.6 is 0 Å². The third kappa shape index (κ3) is 3.86. The number of aryl methyl sites for hydroxylation is 1. The average molecular weight is 384 g/mol. The van der Waals surface area contributed by atoms with Crippen LogP contribution in [0.3, 0.4) is 0 Å². The van der Waals surface area contributed by atoms with Gasteiger partial charge in [-0.3, -0.25) is 0 Å². The normalized spacial score (nSPS) is 26.3. The highest BCUT2D eigenvalue weighted by Crippen LogP contribution is 2.35. The largest absolute Gasteiger partial charge is 0.368 e. The van der Waals surface area contributed by atoms with Gasteiger partial charge in [0.15, 0.2) is 0 Å². The zero-order valence-corrected chi connectivity index (χ0v) is 16.3. The van der Waals surface area contributed by atoms with Crippen LogP contribution in [0.25, 0.3) is 6.08 Å². The van der Waals surface area contributed by atoms with Gasteiger partial charge in [0.05, 0.1) is 23.1 Å². The molecule has 0 amide bonds. The Bertz CT molecular complexity index is 906. The first-order valence-electron chi connectivity index (χ1n) is 9.51. The van der Waals surface area contributed by atoms with E-state index in [-0.39, 0.29) is 18.2 Å². The number of hydrogen-bond acceptors (Lipinski definition) is 3. The third-order valence-corrected chi connectivity index (χ3v) is 7.33. The summed E-state index contributed by atoms with van der Waals surface area (Å²) in [6, 6.07) is 17.1. The smallest absolute Gasteiger partial charge is 0.243 e. The predicted octanol–water partition coefficient (Wildman–Crippen LogP) is 4.02. The molecule has 4 rings (SSSR count). The Hall–Kier alpha value is -1.95. The number of fused-ring (bicyclic) bond motifs is 1. The van der Waals surface area contributed by atoms with Gasteiger partial charge in [0.2, 0.25) is 10.0 Å². The van der Waals surface area contributed by atoms with Crippen LogP contribution in [-0.2, 0) is 14.8 Å². The van der Waals surface area contributed by atoms with Gasteiger partial charge < -0.3 is 4.74 Å². The van der Waals surface area contributed by atoms with E-state index in [2.05, 4.69) is 0 Å². The molecule has 3 atom stereocenters. The summed E-state index contributed by atoms with van der Waals surface area (Å²) in [5.41, 5.74) is 2.14. The van der Waals surface area contributed by atoms with Gasteiger partial charge in [0.1, 0.15) is 0 Å². The molecule has 5 heteroatoms. The fourth-order valence-electron chi connectivity index (χ4n) is 3.99. The van der Waals surface area contributed by atoms with Gasteiger partial charge in [-0.15, -0.1) is 0 Å². The van der Waals surface area contributed by atoms with E-state index in [4.69, 9.17) is 4.74 Å². The molecule has 27 heavy (non-hydrogen) atoms. The van der Waals surface area contributed by atoms with Crippen LogP contribution in [-0.4, -0.2) is 37.5 Å². The number of sulfonamides is 1. The van der Waals surface area contributed by atoms with Gasteiger partial charge >= 0.3 is 0 Å². The molecule has 0 bridgehead atoms. The first-order valence-corrected chi connectivity index (χ1v) is 11.0. The molecule has 0 unspecified atom stereocenters. The van der Waals surface area contributed by atoms with E-state index in [1.807, 2.05) is 61.5 Å². The zero-order valence-electron chi connectivity index (χ0n) is 15.5. The molecule has 142 valence electrons. The lowest BCUT2D eigenvalue weighted by Gasteiger charge is -2.40. The maximum atomic E-state index is 13.3. The highest BCUT2D eigenvalue weighted by Gasteiger charge is 2.44. The van der Waals surface area contributed by atoms with Crippen molar-refractivity contribution in [3.63, 3.8) is 0 Å². The Kier molecular flexibility index (Phi) is 5.17. The van der Waals surface area contributed by atoms with Crippen molar-refractivity contribution in [2.24, 2.45) is 0 Å². The number of morpholine rings is 1. The van der Waals surface area contributed by atoms with Crippen LogP contribution in [0.15, 0.2) is 65.6 Å². The molecule has 1 saturated carbocycles. The van der Waals surface area contributed by atoms with Crippen molar-refractivity contribution >= 4 is 16.1 Å². The summed E-state index contributed by atoms with van der Waals surface area (Å²) in [6.07, 6.45) is 6.53. The molecule has 1 heterocycles. The number of nitrogens with zero attached hydrogens (tertiary/aromatic N) is 1. The standard InChI is InChI=1S/C22H25NO3S/c1-17-10-14-20(15-11-17)27(24,25)23-16-19(26-22-9-5-8-21(22)23)13-12-18-6-3-2-4-7-18/h2-4,6-7,10-15,19,21-22H,5,8-9,16H2,1H3/b13-12+/t19-,21+,22-/m1/s1. The van der Waals surface area contributed by atoms with Crippen LogP contribution in [0.2, 0.25) is 0 Å². The highest BCUT2D eigenvalue weighted by atomic mass is 32.2. The summed E-state index contributed by atoms with van der Waals surface area (Å²) in [5.74, 6) is 0. The Morgan fingerprint density at radius 1 is 1.04 bits per heavy atom. The van der Waals surface area contributed by atoms with Gasteiger partial charge in [-0.25, -0.2) is 8.42 Å². The molecule has 1 aliphatic carbocycles. The van der Waals surface area contributed by atoms with Crippen molar-refractivity contribution in [1.82, 2.24) is 4.31 Å². The second kappa shape index (κ2) is 7.58. The van der Waals surface area contributed by atoms with Crippen molar-refractivity contribution in [2.45, 2.75) is 49.3 Å². The monoisotopic (exact) mass is 383 g/mol. The first kappa shape index (κ1) is 18.4. The van der Waals surface area contributed by atoms with Crippen molar-refractivity contribution in [3.05, 3.63) is 71.8 Å². The molecular weight excluding hydrogens is 358 g/mol. The molecule has 1 saturated heterocycles. The van der Waals surface area contributed by atoms with E-state index in [0.29, 0.717) is 11.4 Å². The van der Waals surface area contributed by atoms with Gasteiger partial charge in [0, 0.05) is 6.54 Å². The lowest BCUT2D eigenvalue weighted by atomic mass is 10.1. The van der Waals surface area contributed by atoms with Crippen LogP contribution in [0.4, 0.5) is 0 Å². The summed E-state index contributed by atoms with van der Waals surface area (Å²) < 4.78 is 34.5. The Labute approximate surface area is 161 Å². The Morgan fingerprint density at radius 3 is 2.52 bits per heavy atom. The minimum Gasteiger partial charge on any atom is -0.368 e. The molecule has 0 spiro atoms. The Balaban J connectivity index is 1.60. The molecule has 2 aromatic rings. The zero-order chi connectivity index (χ0) is 18.9. The van der Waals surface area contributed by atoms with Crippen molar-refractivity contribution < 1.29 is 13.2 Å². The quantitative estimate of drug-likeness (QED) is 0.801. The highest BCUT2D eigenvalue weighted by molar-refractivity contribution is 7.89. The fraction of sp³-hybridized carbons (Fsp3) is 0.364. The molecule has 4 nitrogen and oxygen atoms in total. The van der Waals surface area contributed by atoms with Gasteiger partial charge in [-0.1, -0.05) is 60.2 Å². The van der Waals surface area contributed by atoms with Crippen molar-refractivity contribution in [1.29, 1.82) is 0 Å². The lowest BCUT2D eigenvalue weighted by Crippen LogP contribution is -2.54. The van der Waals surface area contributed by atoms with Gasteiger partial charge in [-0.05, 0) is 43.9 Å². The predicted molar refractivity (Wildman–Crippen MR) is 107 cm³/mol. The maximum absolute atomic E-state index is 13.3. The van der Waals surface area contributed by atoms with Crippen LogP contribution < -0.4 is 0 Å². The number of benzene rings is 2. The van der Waals surface area contributed by atoms with Crippen molar-refractivity contribution in [2.75, 3.05) is 6.54 Å². The molecule has 0 radical (unpaired) electrons. The van der Waals surface area contributed by atoms with E-state index in [1.54, 1.807) is 16.4 Å². The summed E-state index contributed by atoms with van der Waals surface area (Å²) >= 11 is 0. The molecule has 0 N–H and O–H groups in total. The molecule has 1 aliphatic heterocycles. The van der Waals surface area contributed by atoms with E-state index in [1.165, 1.54) is 0 Å². The van der Waals surface area contributed by atoms with E-state index < -0.39 is 10.0 Å². The summed E-state index contributed by atoms with van der Waals surface area (Å²) in [5, 5.41) is 0. The number of hydrogen-bond donors (Lipinski definition) is 0. The topological polar surface area (TPSA) is 46.6 Å². The second-order valence-electron chi connectivity index (χ2n) is 7.37. The van der Waals surface area contributed by atoms with Crippen LogP contribution in [0.5, 0.6) is 0 Å². The maximum Gasteiger partial charge on any atom is 0.243 e. The molecule has 2 aliphatic rings. The van der Waals surface area contributed by atoms with Gasteiger partial charge in [-0.2, -0.15) is 4.31 Å². The minimum atomic E-state index is -3.53. The molecule has 2 aromatic carbocycles. The van der Waals surface area contributed by atoms with E-state index in [9.17, 15) is 8.42 Å². The van der Waals surface area contributed by atoms with Gasteiger partial charge in [0.25, 0.3) is 0 Å². The SMILES string of the molecule is Cc1ccc(S(=O)(=O)N2C[C@@H](/C=C/c3ccccc3)O[C@@H]3CCC[C@@H]32)cc1. The second-order valence-corrected chi connectivity index (χ2v) is 9.26. The average Bonchev–Trinajstić information content (AvgIpc) is 3.15. The third-order valence-electron chi connectivity index (χ3n) is 5.43. The Morgan fingerprint density at radius 2 is 1.78 bits per heavy atom. The van der Waals surface area contributed by atoms with Crippen LogP contribution in [0, 0.1) is 6.92 Å². The summed E-state index contributed by atoms with van der Waals surface area (Å²) in [7, 11) is -3.53. The van der Waals surface area contributed by atoms with E-state index in [0.717, 1.165) is 30.4 Å². The number of rotatable bonds is 4. The molecule has 0 aromatic heterocycles. The number of ether oxygens (including phenoxy) is 1. The van der Waals surface area contributed by atoms with E-state index >= 15 is 0 Å². The lowest BCUT2D eigenvalue weighted by molar-refractivity contribution is -0.0597. The first-order chi connectivity index (χ1) is 13.0. The van der Waals surface area contributed by atoms with Crippen LogP contribution in [0.1, 0.15) is 30.4 Å². The summed E-state index contributed by atoms with van der Waals surface area (Å²) in [4.78, 5) is 0.367.